The number of nitrogens with two attached hydrogens (primary N) is 1. The molecule has 0 fully saturated rings. The van der Waals surface area contributed by atoms with Crippen molar-refractivity contribution < 1.29 is 4.42 Å². The molecule has 1 unspecified atom stereocenters. The van der Waals surface area contributed by atoms with Gasteiger partial charge < -0.3 is 15.1 Å². The number of nitrogens with zero attached hydrogens (tertiary/aromatic N) is 1. The molecule has 0 radical (unpaired) electrons. The molecule has 0 spiro atoms. The van der Waals surface area contributed by atoms with Crippen molar-refractivity contribution in [2.75, 3.05) is 0 Å². The number of imidazole rings is 1. The van der Waals surface area contributed by atoms with Crippen LogP contribution in [0.3, 0.4) is 0 Å². The van der Waals surface area contributed by atoms with E-state index in [1.165, 1.54) is 0 Å². The zero-order chi connectivity index (χ0) is 11.8. The molecule has 1 atom stereocenters. The summed E-state index contributed by atoms with van der Waals surface area (Å²) < 4.78 is 5.34. The average molecular weight is 219 g/mol. The van der Waals surface area contributed by atoms with Crippen LogP contribution in [0.25, 0.3) is 11.5 Å². The molecule has 2 heterocycles. The number of aromatic amines is 1. The first-order chi connectivity index (χ1) is 7.54. The van der Waals surface area contributed by atoms with Crippen molar-refractivity contribution in [2.45, 2.75) is 32.7 Å². The molecule has 2 aromatic rings. The average Bonchev–Trinajstić information content (AvgIpc) is 2.86. The van der Waals surface area contributed by atoms with E-state index < -0.39 is 5.54 Å². The summed E-state index contributed by atoms with van der Waals surface area (Å²) in [5.74, 6) is 1.57. The molecular weight excluding hydrogens is 202 g/mol. The maximum atomic E-state index is 6.15. The van der Waals surface area contributed by atoms with E-state index in [1.54, 1.807) is 6.26 Å². The van der Waals surface area contributed by atoms with Gasteiger partial charge in [-0.25, -0.2) is 4.98 Å². The van der Waals surface area contributed by atoms with Crippen LogP contribution in [0, 0.1) is 6.92 Å². The first-order valence-electron chi connectivity index (χ1n) is 5.44. The number of rotatable bonds is 3. The van der Waals surface area contributed by atoms with Crippen molar-refractivity contribution in [3.8, 4) is 11.5 Å². The van der Waals surface area contributed by atoms with Crippen molar-refractivity contribution in [1.82, 2.24) is 9.97 Å². The van der Waals surface area contributed by atoms with Gasteiger partial charge in [-0.1, -0.05) is 6.92 Å². The topological polar surface area (TPSA) is 67.8 Å². The second kappa shape index (κ2) is 3.79. The number of H-pyrrole nitrogens is 1. The highest BCUT2D eigenvalue weighted by atomic mass is 16.3. The lowest BCUT2D eigenvalue weighted by molar-refractivity contribution is 0.449. The van der Waals surface area contributed by atoms with Gasteiger partial charge in [0.05, 0.1) is 11.8 Å². The SMILES string of the molecule is CCC(C)(N)c1nc(-c2ccco2)c(C)[nH]1. The van der Waals surface area contributed by atoms with Gasteiger partial charge in [0.2, 0.25) is 0 Å². The van der Waals surface area contributed by atoms with Crippen molar-refractivity contribution >= 4 is 0 Å². The molecule has 0 saturated heterocycles. The lowest BCUT2D eigenvalue weighted by Gasteiger charge is -2.19. The molecule has 2 rings (SSSR count). The monoisotopic (exact) mass is 219 g/mol. The number of hydrogen-bond donors (Lipinski definition) is 2. The zero-order valence-electron chi connectivity index (χ0n) is 9.87. The van der Waals surface area contributed by atoms with E-state index in [1.807, 2.05) is 32.9 Å². The Morgan fingerprint density at radius 2 is 2.31 bits per heavy atom. The predicted molar refractivity (Wildman–Crippen MR) is 62.9 cm³/mol. The minimum absolute atomic E-state index is 0.421. The fourth-order valence-electron chi connectivity index (χ4n) is 1.55. The van der Waals surface area contributed by atoms with Gasteiger partial charge in [0.25, 0.3) is 0 Å². The highest BCUT2D eigenvalue weighted by molar-refractivity contribution is 5.55. The normalized spacial score (nSPS) is 15.0. The van der Waals surface area contributed by atoms with E-state index >= 15 is 0 Å². The molecule has 4 heteroatoms. The van der Waals surface area contributed by atoms with E-state index in [2.05, 4.69) is 9.97 Å². The van der Waals surface area contributed by atoms with Crippen LogP contribution in [-0.2, 0) is 5.54 Å². The number of hydrogen-bond acceptors (Lipinski definition) is 3. The van der Waals surface area contributed by atoms with Crippen LogP contribution in [0.4, 0.5) is 0 Å². The first-order valence-corrected chi connectivity index (χ1v) is 5.44. The fourth-order valence-corrected chi connectivity index (χ4v) is 1.55. The van der Waals surface area contributed by atoms with Crippen LogP contribution < -0.4 is 5.73 Å². The van der Waals surface area contributed by atoms with Crippen LogP contribution >= 0.6 is 0 Å². The second-order valence-electron chi connectivity index (χ2n) is 4.31. The summed E-state index contributed by atoms with van der Waals surface area (Å²) in [5, 5.41) is 0. The minimum atomic E-state index is -0.421. The standard InChI is InChI=1S/C12H17N3O/c1-4-12(3,13)11-14-8(2)10(15-11)9-6-5-7-16-9/h5-7H,4,13H2,1-3H3,(H,14,15). The quantitative estimate of drug-likeness (QED) is 0.833. The summed E-state index contributed by atoms with van der Waals surface area (Å²) in [4.78, 5) is 7.75. The molecule has 0 aliphatic carbocycles. The smallest absolute Gasteiger partial charge is 0.154 e. The largest absolute Gasteiger partial charge is 0.463 e. The number of aryl methyl sites for hydroxylation is 1. The van der Waals surface area contributed by atoms with Gasteiger partial charge in [-0.2, -0.15) is 0 Å². The Morgan fingerprint density at radius 1 is 1.56 bits per heavy atom. The molecule has 0 amide bonds. The minimum Gasteiger partial charge on any atom is -0.463 e. The van der Waals surface area contributed by atoms with E-state index in [0.717, 1.165) is 29.4 Å². The van der Waals surface area contributed by atoms with E-state index in [0.29, 0.717) is 0 Å². The summed E-state index contributed by atoms with van der Waals surface area (Å²) in [5.41, 5.74) is 7.55. The number of nitrogens with one attached hydrogen (secondary N) is 1. The Balaban J connectivity index is 2.44. The van der Waals surface area contributed by atoms with E-state index in [9.17, 15) is 0 Å². The Morgan fingerprint density at radius 3 is 2.88 bits per heavy atom. The second-order valence-corrected chi connectivity index (χ2v) is 4.31. The van der Waals surface area contributed by atoms with Crippen molar-refractivity contribution in [1.29, 1.82) is 0 Å². The molecule has 86 valence electrons. The lowest BCUT2D eigenvalue weighted by atomic mass is 10.0. The first kappa shape index (κ1) is 11.0. The van der Waals surface area contributed by atoms with Crippen LogP contribution in [0.1, 0.15) is 31.8 Å². The highest BCUT2D eigenvalue weighted by Crippen LogP contribution is 2.26. The highest BCUT2D eigenvalue weighted by Gasteiger charge is 2.24. The Bertz CT molecular complexity index is 468. The van der Waals surface area contributed by atoms with E-state index in [4.69, 9.17) is 10.2 Å². The zero-order valence-corrected chi connectivity index (χ0v) is 9.87. The van der Waals surface area contributed by atoms with Crippen molar-refractivity contribution in [2.24, 2.45) is 5.73 Å². The number of aromatic nitrogens is 2. The third-order valence-corrected chi connectivity index (χ3v) is 2.91. The summed E-state index contributed by atoms with van der Waals surface area (Å²) >= 11 is 0. The maximum absolute atomic E-state index is 6.15. The Labute approximate surface area is 94.9 Å². The molecule has 3 N–H and O–H groups in total. The summed E-state index contributed by atoms with van der Waals surface area (Å²) in [6.07, 6.45) is 2.47. The van der Waals surface area contributed by atoms with Crippen LogP contribution in [-0.4, -0.2) is 9.97 Å². The van der Waals surface area contributed by atoms with Gasteiger partial charge in [-0.15, -0.1) is 0 Å². The van der Waals surface area contributed by atoms with Crippen molar-refractivity contribution in [3.05, 3.63) is 29.9 Å². The summed E-state index contributed by atoms with van der Waals surface area (Å²) in [6.45, 7) is 5.99. The van der Waals surface area contributed by atoms with Crippen LogP contribution in [0.15, 0.2) is 22.8 Å². The molecule has 0 saturated carbocycles. The molecule has 0 aliphatic heterocycles. The third-order valence-electron chi connectivity index (χ3n) is 2.91. The van der Waals surface area contributed by atoms with Gasteiger partial charge in [-0.05, 0) is 32.4 Å². The van der Waals surface area contributed by atoms with Crippen molar-refractivity contribution in [3.63, 3.8) is 0 Å². The van der Waals surface area contributed by atoms with Crippen LogP contribution in [0.5, 0.6) is 0 Å². The maximum Gasteiger partial charge on any atom is 0.154 e. The third kappa shape index (κ3) is 1.76. The van der Waals surface area contributed by atoms with Gasteiger partial charge in [0.1, 0.15) is 11.5 Å². The molecule has 0 aliphatic rings. The molecule has 4 nitrogen and oxygen atoms in total. The summed E-state index contributed by atoms with van der Waals surface area (Å²) in [7, 11) is 0. The van der Waals surface area contributed by atoms with Crippen LogP contribution in [0.2, 0.25) is 0 Å². The van der Waals surface area contributed by atoms with Gasteiger partial charge in [0.15, 0.2) is 5.76 Å². The molecular formula is C12H17N3O. The van der Waals surface area contributed by atoms with Gasteiger partial charge in [-0.3, -0.25) is 0 Å². The Hall–Kier alpha value is -1.55. The molecule has 16 heavy (non-hydrogen) atoms. The van der Waals surface area contributed by atoms with Gasteiger partial charge in [0, 0.05) is 5.69 Å². The summed E-state index contributed by atoms with van der Waals surface area (Å²) in [6, 6.07) is 3.75. The van der Waals surface area contributed by atoms with Gasteiger partial charge >= 0.3 is 0 Å². The van der Waals surface area contributed by atoms with E-state index in [-0.39, 0.29) is 0 Å². The molecule has 0 aromatic carbocycles. The number of furan rings is 1. The Kier molecular flexibility index (Phi) is 2.59. The molecule has 2 aromatic heterocycles. The lowest BCUT2D eigenvalue weighted by Crippen LogP contribution is -2.33. The predicted octanol–water partition coefficient (Wildman–Crippen LogP) is 2.56. The fraction of sp³-hybridized carbons (Fsp3) is 0.417. The molecule has 0 bridgehead atoms.